The summed E-state index contributed by atoms with van der Waals surface area (Å²) in [6.45, 7) is 14.3. The first-order valence-electron chi connectivity index (χ1n) is 9.63. The average molecular weight is 322 g/mol. The molecule has 0 fully saturated rings. The molecule has 1 rings (SSSR count). The molecule has 0 unspecified atom stereocenters. The standard InChI is InChI=1S/C17H27NO.2C2H6/c1-4-7-8-12-15-14(10-5-2)11-9-13-16(15)18-17(19)6-3;2*1-2/h9,11,13H,4-8,10,12H2,1-3H3,(H,18,19);2*1-2H3. The van der Waals surface area contributed by atoms with Crippen molar-refractivity contribution in [3.8, 4) is 0 Å². The largest absolute Gasteiger partial charge is 0.326 e. The van der Waals surface area contributed by atoms with E-state index in [-0.39, 0.29) is 5.91 Å². The highest BCUT2D eigenvalue weighted by Gasteiger charge is 2.09. The second kappa shape index (κ2) is 17.1. The minimum Gasteiger partial charge on any atom is -0.326 e. The van der Waals surface area contributed by atoms with Gasteiger partial charge in [0.25, 0.3) is 0 Å². The summed E-state index contributed by atoms with van der Waals surface area (Å²) < 4.78 is 0. The van der Waals surface area contributed by atoms with Gasteiger partial charge in [0.1, 0.15) is 0 Å². The molecule has 0 spiro atoms. The third-order valence-electron chi connectivity index (χ3n) is 3.42. The molecule has 0 saturated heterocycles. The fourth-order valence-electron chi connectivity index (χ4n) is 2.34. The van der Waals surface area contributed by atoms with Crippen LogP contribution in [0, 0.1) is 0 Å². The number of amides is 1. The molecule has 134 valence electrons. The molecule has 0 heterocycles. The fourth-order valence-corrected chi connectivity index (χ4v) is 2.34. The van der Waals surface area contributed by atoms with Gasteiger partial charge >= 0.3 is 0 Å². The maximum Gasteiger partial charge on any atom is 0.224 e. The van der Waals surface area contributed by atoms with Crippen molar-refractivity contribution in [2.24, 2.45) is 0 Å². The molecule has 1 aromatic carbocycles. The highest BCUT2D eigenvalue weighted by molar-refractivity contribution is 5.91. The van der Waals surface area contributed by atoms with Gasteiger partial charge in [-0.15, -0.1) is 0 Å². The first-order chi connectivity index (χ1) is 11.2. The summed E-state index contributed by atoms with van der Waals surface area (Å²) in [5.74, 6) is 0.102. The predicted molar refractivity (Wildman–Crippen MR) is 105 cm³/mol. The number of carbonyl (C=O) groups is 1. The van der Waals surface area contributed by atoms with E-state index in [2.05, 4.69) is 31.3 Å². The molecule has 2 nitrogen and oxygen atoms in total. The molecular weight excluding hydrogens is 282 g/mol. The number of benzene rings is 1. The van der Waals surface area contributed by atoms with Gasteiger partial charge in [0.05, 0.1) is 0 Å². The minimum atomic E-state index is 0.102. The van der Waals surface area contributed by atoms with Gasteiger partial charge in [-0.1, -0.05) is 79.9 Å². The summed E-state index contributed by atoms with van der Waals surface area (Å²) in [5, 5.41) is 3.05. The molecule has 0 atom stereocenters. The number of nitrogens with one attached hydrogen (secondary N) is 1. The number of hydrogen-bond donors (Lipinski definition) is 1. The van der Waals surface area contributed by atoms with Gasteiger partial charge in [-0.25, -0.2) is 0 Å². The average Bonchev–Trinajstić information content (AvgIpc) is 2.61. The number of aryl methyl sites for hydroxylation is 1. The first kappa shape index (κ1) is 23.9. The molecule has 0 aliphatic heterocycles. The maximum atomic E-state index is 11.6. The molecule has 0 aliphatic carbocycles. The number of anilines is 1. The molecule has 0 radical (unpaired) electrons. The second-order valence-corrected chi connectivity index (χ2v) is 5.05. The molecule has 0 aliphatic rings. The Labute approximate surface area is 145 Å². The van der Waals surface area contributed by atoms with E-state index in [1.54, 1.807) is 0 Å². The Kier molecular flexibility index (Phi) is 17.8. The Balaban J connectivity index is 0. The van der Waals surface area contributed by atoms with E-state index in [0.29, 0.717) is 6.42 Å². The van der Waals surface area contributed by atoms with Crippen LogP contribution in [0.15, 0.2) is 18.2 Å². The molecule has 23 heavy (non-hydrogen) atoms. The Morgan fingerprint density at radius 2 is 1.57 bits per heavy atom. The minimum absolute atomic E-state index is 0.102. The molecule has 1 N–H and O–H groups in total. The lowest BCUT2D eigenvalue weighted by atomic mass is 9.96. The highest BCUT2D eigenvalue weighted by atomic mass is 16.1. The quantitative estimate of drug-likeness (QED) is 0.526. The summed E-state index contributed by atoms with van der Waals surface area (Å²) in [6, 6.07) is 6.29. The molecule has 0 saturated carbocycles. The van der Waals surface area contributed by atoms with Gasteiger partial charge in [-0.2, -0.15) is 0 Å². The van der Waals surface area contributed by atoms with Gasteiger partial charge in [-0.05, 0) is 36.5 Å². The summed E-state index contributed by atoms with van der Waals surface area (Å²) in [4.78, 5) is 11.6. The number of rotatable bonds is 8. The Morgan fingerprint density at radius 3 is 2.09 bits per heavy atom. The van der Waals surface area contributed by atoms with Crippen molar-refractivity contribution in [1.82, 2.24) is 0 Å². The van der Waals surface area contributed by atoms with E-state index < -0.39 is 0 Å². The van der Waals surface area contributed by atoms with Crippen LogP contribution in [0.5, 0.6) is 0 Å². The highest BCUT2D eigenvalue weighted by Crippen LogP contribution is 2.24. The normalized spacial score (nSPS) is 9.17. The number of carbonyl (C=O) groups excluding carboxylic acids is 1. The molecule has 0 aromatic heterocycles. The van der Waals surface area contributed by atoms with Crippen molar-refractivity contribution in [2.75, 3.05) is 5.32 Å². The Bertz CT molecular complexity index is 399. The zero-order valence-electron chi connectivity index (χ0n) is 16.6. The lowest BCUT2D eigenvalue weighted by Crippen LogP contribution is -2.12. The van der Waals surface area contributed by atoms with Crippen LogP contribution in [-0.2, 0) is 17.6 Å². The van der Waals surface area contributed by atoms with E-state index in [1.165, 1.54) is 30.4 Å². The first-order valence-corrected chi connectivity index (χ1v) is 9.63. The molecular formula is C21H39NO. The smallest absolute Gasteiger partial charge is 0.224 e. The van der Waals surface area contributed by atoms with E-state index in [1.807, 2.05) is 40.7 Å². The summed E-state index contributed by atoms with van der Waals surface area (Å²) in [5.41, 5.74) is 3.76. The van der Waals surface area contributed by atoms with E-state index in [0.717, 1.165) is 24.9 Å². The SMILES string of the molecule is CC.CC.CCCCCc1c(CCC)cccc1NC(=O)CC. The number of unbranched alkanes of at least 4 members (excludes halogenated alkanes) is 2. The van der Waals surface area contributed by atoms with Crippen molar-refractivity contribution in [3.63, 3.8) is 0 Å². The van der Waals surface area contributed by atoms with Crippen LogP contribution in [0.1, 0.15) is 91.7 Å². The topological polar surface area (TPSA) is 29.1 Å². The van der Waals surface area contributed by atoms with Crippen LogP contribution < -0.4 is 5.32 Å². The van der Waals surface area contributed by atoms with Gasteiger partial charge < -0.3 is 5.32 Å². The molecule has 1 aromatic rings. The predicted octanol–water partition coefficient (Wildman–Crippen LogP) is 6.77. The monoisotopic (exact) mass is 321 g/mol. The van der Waals surface area contributed by atoms with Crippen molar-refractivity contribution in [1.29, 1.82) is 0 Å². The summed E-state index contributed by atoms with van der Waals surface area (Å²) in [7, 11) is 0. The van der Waals surface area contributed by atoms with Gasteiger partial charge in [0, 0.05) is 12.1 Å². The zero-order chi connectivity index (χ0) is 18.1. The Morgan fingerprint density at radius 1 is 0.913 bits per heavy atom. The third-order valence-corrected chi connectivity index (χ3v) is 3.42. The lowest BCUT2D eigenvalue weighted by molar-refractivity contribution is -0.115. The van der Waals surface area contributed by atoms with Crippen LogP contribution >= 0.6 is 0 Å². The van der Waals surface area contributed by atoms with Gasteiger partial charge in [0.15, 0.2) is 0 Å². The maximum absolute atomic E-state index is 11.6. The van der Waals surface area contributed by atoms with Crippen LogP contribution in [0.2, 0.25) is 0 Å². The second-order valence-electron chi connectivity index (χ2n) is 5.05. The number of hydrogen-bond acceptors (Lipinski definition) is 1. The van der Waals surface area contributed by atoms with Crippen molar-refractivity contribution in [3.05, 3.63) is 29.3 Å². The Hall–Kier alpha value is -1.31. The van der Waals surface area contributed by atoms with Crippen LogP contribution in [0.4, 0.5) is 5.69 Å². The third kappa shape index (κ3) is 10.1. The van der Waals surface area contributed by atoms with E-state index >= 15 is 0 Å². The van der Waals surface area contributed by atoms with Gasteiger partial charge in [-0.3, -0.25) is 4.79 Å². The van der Waals surface area contributed by atoms with E-state index in [9.17, 15) is 4.79 Å². The molecule has 1 amide bonds. The van der Waals surface area contributed by atoms with Crippen LogP contribution in [0.25, 0.3) is 0 Å². The van der Waals surface area contributed by atoms with Crippen LogP contribution in [0.3, 0.4) is 0 Å². The van der Waals surface area contributed by atoms with Crippen molar-refractivity contribution < 1.29 is 4.79 Å². The fraction of sp³-hybridized carbons (Fsp3) is 0.667. The zero-order valence-corrected chi connectivity index (χ0v) is 16.6. The van der Waals surface area contributed by atoms with E-state index in [4.69, 9.17) is 0 Å². The van der Waals surface area contributed by atoms with Crippen LogP contribution in [-0.4, -0.2) is 5.91 Å². The lowest BCUT2D eigenvalue weighted by Gasteiger charge is -2.15. The summed E-state index contributed by atoms with van der Waals surface area (Å²) >= 11 is 0. The van der Waals surface area contributed by atoms with Crippen molar-refractivity contribution in [2.45, 2.75) is 93.4 Å². The summed E-state index contributed by atoms with van der Waals surface area (Å²) in [6.07, 6.45) is 7.53. The van der Waals surface area contributed by atoms with Crippen molar-refractivity contribution >= 4 is 11.6 Å². The molecule has 2 heteroatoms. The van der Waals surface area contributed by atoms with Gasteiger partial charge in [0.2, 0.25) is 5.91 Å². The molecule has 0 bridgehead atoms.